The van der Waals surface area contributed by atoms with Gasteiger partial charge in [-0.15, -0.1) is 11.6 Å². The van der Waals surface area contributed by atoms with Gasteiger partial charge in [-0.2, -0.15) is 0 Å². The van der Waals surface area contributed by atoms with Crippen molar-refractivity contribution in [1.82, 2.24) is 26.2 Å². The summed E-state index contributed by atoms with van der Waals surface area (Å²) in [6.07, 6.45) is 32.6. The largest absolute Gasteiger partial charge is 0.466 e. The molecule has 6 aromatic carbocycles. The average Bonchev–Trinajstić information content (AvgIpc) is 1.61. The predicted octanol–water partition coefficient (Wildman–Crippen LogP) is 27.4. The molecule has 7 amide bonds. The molecular weight excluding hydrogens is 1900 g/mol. The van der Waals surface area contributed by atoms with E-state index in [9.17, 15) is 43.5 Å². The predicted molar refractivity (Wildman–Crippen MR) is 612 cm³/mol. The summed E-state index contributed by atoms with van der Waals surface area (Å²) >= 11 is 5.00. The number of imide groups is 2. The molecule has 27 heteroatoms. The van der Waals surface area contributed by atoms with Crippen LogP contribution < -0.4 is 38.5 Å². The van der Waals surface area contributed by atoms with Crippen molar-refractivity contribution in [2.75, 3.05) is 51.9 Å². The molecule has 0 aromatic heterocycles. The molecule has 0 spiro atoms. The Morgan fingerprint density at radius 1 is 0.450 bits per heavy atom. The van der Waals surface area contributed by atoms with E-state index in [1.165, 1.54) is 132 Å². The molecule has 0 saturated carbocycles. The van der Waals surface area contributed by atoms with Crippen molar-refractivity contribution < 1.29 is 79.5 Å². The standard InChI is InChI=1S/C33H40N2O4.C25H38N2O2.C25H37NO3.C20H30N2.C8H5NO2.C4H8O2.C2H5Cl.2C2H6O.CH4.H2N2.H2O.H2/c1-22-11-10-19-33(5,6)27(22)17-16-23-12-9-13-24(21-23)28(18-20-34-31(38)39-32(2,3)4)35-29(36)25-14-7-8-15-26(25)30(35)37;1-18-9-8-15-25(5,6)21(18)13-12-19-10-7-11-20(17-19)22(26)14-16-27-23(28)29-24(2,3)4;1-18-9-8-15-25(5,6)21(18)13-12-19-10-7-11-20(17-19)22(27)14-16-26-23(28)29-24(2,3)4;1-15-6-5-12-20(2,3)18(15)10-9-16-7-4-8-17(14-16)19(22)11-13-21;10-7-5-3-1-2-4-6(5)8(11)9-7;1-3-6-4(2)5;3*1-2-3;;1-2;;/h7-9,12-17,21,28H,10-11,18-20H2,1-6H3,(H,34,38);7,10-13,17,22H,8-9,14-16,26H2,1-6H3,(H,27,28);7,10-13,17,22,27H,8-9,14-16H2,1-6H3,(H,26,28);4,7-10,14,19H,5-6,11-13,21-22H2,1-3H3;1-4H,(H,9,10,11);3H2,1-2H3;2H2,1H3;2*3H,2H2,1H3;1H4;1-2H;1H2;1H/b17-16+;2*13-12+;10-9+;;;;;;;;;. The van der Waals surface area contributed by atoms with E-state index < -0.39 is 47.2 Å². The molecule has 6 aromatic rings. The monoisotopic (exact) mass is 2080 g/mol. The molecule has 17 N–H and O–H groups in total. The number of ether oxygens (including phenoxy) is 4. The second-order valence-corrected chi connectivity index (χ2v) is 43.4. The Labute approximate surface area is 898 Å². The smallest absolute Gasteiger partial charge is 0.407 e. The first-order valence-corrected chi connectivity index (χ1v) is 52.4. The zero-order valence-electron chi connectivity index (χ0n) is 93.6. The van der Waals surface area contributed by atoms with Crippen LogP contribution in [0.1, 0.15) is 402 Å². The average molecular weight is 2080 g/mol. The van der Waals surface area contributed by atoms with Crippen LogP contribution >= 0.6 is 11.6 Å². The van der Waals surface area contributed by atoms with E-state index in [4.69, 9.17) is 64.3 Å². The van der Waals surface area contributed by atoms with Crippen LogP contribution in [-0.4, -0.2) is 142 Å². The fourth-order valence-corrected chi connectivity index (χ4v) is 18.1. The number of rotatable bonds is 25. The Morgan fingerprint density at radius 2 is 0.718 bits per heavy atom. The number of aliphatic hydroxyl groups excluding tert-OH is 3. The van der Waals surface area contributed by atoms with Crippen LogP contribution in [0.5, 0.6) is 0 Å². The third-order valence-electron chi connectivity index (χ3n) is 25.1. The van der Waals surface area contributed by atoms with Gasteiger partial charge in [-0.3, -0.25) is 34.2 Å². The van der Waals surface area contributed by atoms with Gasteiger partial charge in [0.1, 0.15) is 16.8 Å². The van der Waals surface area contributed by atoms with E-state index >= 15 is 0 Å². The summed E-state index contributed by atoms with van der Waals surface area (Å²) in [4.78, 5) is 95.6. The molecule has 0 saturated heterocycles. The van der Waals surface area contributed by atoms with Gasteiger partial charge in [0, 0.05) is 59.2 Å². The van der Waals surface area contributed by atoms with Gasteiger partial charge in [-0.1, -0.05) is 250 Å². The quantitative estimate of drug-likeness (QED) is 0.00832. The van der Waals surface area contributed by atoms with Gasteiger partial charge in [0.05, 0.1) is 41.0 Å². The number of hydrogen-bond donors (Lipinski definition) is 12. The van der Waals surface area contributed by atoms with Gasteiger partial charge in [-0.25, -0.2) is 25.4 Å². The Kier molecular flexibility index (Phi) is 60.8. The van der Waals surface area contributed by atoms with Crippen molar-refractivity contribution in [3.63, 3.8) is 0 Å². The summed E-state index contributed by atoms with van der Waals surface area (Å²) in [5.74, 6) is -0.721. The maximum absolute atomic E-state index is 13.4. The second kappa shape index (κ2) is 66.9. The maximum atomic E-state index is 13.4. The van der Waals surface area contributed by atoms with E-state index in [2.05, 4.69) is 200 Å². The molecule has 4 unspecified atom stereocenters. The van der Waals surface area contributed by atoms with E-state index in [0.717, 1.165) is 58.5 Å². The molecule has 149 heavy (non-hydrogen) atoms. The molecular formula is C122H185ClN10O16. The fraction of sp³-hybridized carbons (Fsp3) is 0.508. The summed E-state index contributed by atoms with van der Waals surface area (Å²) in [5, 5.41) is 36.1. The molecule has 826 valence electrons. The van der Waals surface area contributed by atoms with Crippen LogP contribution in [0.15, 0.2) is 214 Å². The number of alkyl halides is 1. The number of aliphatic hydroxyl groups is 3. The molecule has 12 rings (SSSR count). The lowest BCUT2D eigenvalue weighted by molar-refractivity contribution is -0.140. The third-order valence-corrected chi connectivity index (χ3v) is 25.1. The number of esters is 1. The normalized spacial score (nSPS) is 16.4. The minimum Gasteiger partial charge on any atom is -0.466 e. The van der Waals surface area contributed by atoms with E-state index in [0.29, 0.717) is 67.8 Å². The highest BCUT2D eigenvalue weighted by molar-refractivity contribution is 6.22. The number of alkyl carbamates (subject to hydrolysis) is 3. The number of benzene rings is 6. The number of nitrogens with two attached hydrogens (primary N) is 3. The van der Waals surface area contributed by atoms with Crippen LogP contribution in [0.3, 0.4) is 0 Å². The summed E-state index contributed by atoms with van der Waals surface area (Å²) in [7, 11) is 0. The van der Waals surface area contributed by atoms with Gasteiger partial charge in [-0.05, 0) is 345 Å². The molecule has 2 aliphatic heterocycles. The maximum Gasteiger partial charge on any atom is 0.407 e. The Hall–Kier alpha value is -11.6. The number of amides is 7. The number of allylic oxidation sites excluding steroid dienone is 12. The lowest BCUT2D eigenvalue weighted by Gasteiger charge is -2.33. The van der Waals surface area contributed by atoms with Gasteiger partial charge in [0.2, 0.25) is 0 Å². The van der Waals surface area contributed by atoms with Crippen molar-refractivity contribution in [1.29, 1.82) is 11.1 Å². The van der Waals surface area contributed by atoms with E-state index in [1.807, 2.05) is 103 Å². The highest BCUT2D eigenvalue weighted by atomic mass is 35.5. The van der Waals surface area contributed by atoms with Gasteiger partial charge >= 0.3 is 24.2 Å². The molecule has 0 fully saturated rings. The first kappa shape index (κ1) is 135. The number of carbonyl (C=O) groups excluding carboxylic acids is 8. The van der Waals surface area contributed by atoms with Crippen LogP contribution in [0.25, 0.3) is 24.3 Å². The highest BCUT2D eigenvalue weighted by Gasteiger charge is 2.41. The number of halogens is 1. The fourth-order valence-electron chi connectivity index (χ4n) is 18.1. The van der Waals surface area contributed by atoms with E-state index in [-0.39, 0.29) is 97.4 Å². The van der Waals surface area contributed by atoms with E-state index in [1.54, 1.807) is 90.1 Å². The van der Waals surface area contributed by atoms with Gasteiger partial charge < -0.3 is 72.9 Å². The number of carbonyl (C=O) groups is 8. The minimum absolute atomic E-state index is 0. The van der Waals surface area contributed by atoms with Crippen LogP contribution in [0.2, 0.25) is 0 Å². The lowest BCUT2D eigenvalue weighted by Crippen LogP contribution is -2.38. The van der Waals surface area contributed by atoms with Crippen LogP contribution in [0.4, 0.5) is 14.4 Å². The molecule has 0 bridgehead atoms. The first-order valence-electron chi connectivity index (χ1n) is 51.9. The first-order chi connectivity index (χ1) is 69.1. The summed E-state index contributed by atoms with van der Waals surface area (Å²) in [6, 6.07) is 45.7. The van der Waals surface area contributed by atoms with Crippen LogP contribution in [-0.2, 0) is 23.7 Å². The van der Waals surface area contributed by atoms with Gasteiger partial charge in [0.15, 0.2) is 0 Å². The Bertz CT molecular complexity index is 5290. The highest BCUT2D eigenvalue weighted by Crippen LogP contribution is 2.46. The second-order valence-electron chi connectivity index (χ2n) is 42.9. The number of fused-ring (bicyclic) bond motifs is 2. The third kappa shape index (κ3) is 48.5. The molecule has 4 atom stereocenters. The molecule has 4 aliphatic carbocycles. The SMILES string of the molecule is C.CC1=C(/C=C/c2cccc(C(CCNC(=O)OC(C)(C)C)N3C(=O)c4ccccc4C3=O)c2)C(C)(C)CCC1.CC1=C(/C=C/c2cccc(C(N)CCN)c2)C(C)(C)CCC1.CC1=C(/C=C/c2cccc(C(N)CCNC(=O)OC(C)(C)C)c2)C(C)(C)CCC1.CC1=C(/C=C/c2cccc(C(O)CCNC(=O)OC(C)(C)C)c2)C(C)(C)CCC1.CCCl.CCO.CCO.CCOC(C)=O.N=N.O.O=C1NC(=O)c2ccccc21.[HH]. The number of nitrogens with one attached hydrogen (secondary N) is 6. The molecule has 6 aliphatic rings. The van der Waals surface area contributed by atoms with Crippen LogP contribution in [0, 0.1) is 32.7 Å². The van der Waals surface area contributed by atoms with Crippen molar-refractivity contribution in [2.24, 2.45) is 38.9 Å². The number of hydrogen-bond acceptors (Lipinski definition) is 20. The Morgan fingerprint density at radius 3 is 1.00 bits per heavy atom. The van der Waals surface area contributed by atoms with Gasteiger partial charge in [0.25, 0.3) is 23.6 Å². The zero-order chi connectivity index (χ0) is 111. The summed E-state index contributed by atoms with van der Waals surface area (Å²) < 4.78 is 20.2. The van der Waals surface area contributed by atoms with Crippen molar-refractivity contribution in [3.8, 4) is 0 Å². The lowest BCUT2D eigenvalue weighted by atomic mass is 9.72. The summed E-state index contributed by atoms with van der Waals surface area (Å²) in [6.45, 7) is 55.1. The molecule has 2 heterocycles. The zero-order valence-corrected chi connectivity index (χ0v) is 94.3. The van der Waals surface area contributed by atoms with Crippen molar-refractivity contribution in [2.45, 2.75) is 331 Å². The minimum atomic E-state index is -0.634. The number of nitrogens with zero attached hydrogens (tertiary/aromatic N) is 1. The molecule has 0 radical (unpaired) electrons. The van der Waals surface area contributed by atoms with Crippen molar-refractivity contribution >= 4 is 83.8 Å². The summed E-state index contributed by atoms with van der Waals surface area (Å²) in [5.41, 5.74) is 49.2. The van der Waals surface area contributed by atoms with Crippen molar-refractivity contribution in [3.05, 3.63) is 281 Å². The molecule has 26 nitrogen and oxygen atoms in total. The topological polar surface area (TPSA) is 443 Å². The Balaban J connectivity index is 0.00000182.